The number of amides is 2. The van der Waals surface area contributed by atoms with E-state index in [2.05, 4.69) is 15.7 Å². The van der Waals surface area contributed by atoms with Crippen LogP contribution in [0.1, 0.15) is 31.2 Å². The average Bonchev–Trinajstić information content (AvgIpc) is 2.85. The summed E-state index contributed by atoms with van der Waals surface area (Å²) in [5.41, 5.74) is 3.44. The van der Waals surface area contributed by atoms with Gasteiger partial charge in [0.1, 0.15) is 0 Å². The first-order valence-electron chi connectivity index (χ1n) is 7.86. The third-order valence-electron chi connectivity index (χ3n) is 3.70. The molecule has 6 heteroatoms. The van der Waals surface area contributed by atoms with Crippen LogP contribution in [0.2, 0.25) is 0 Å². The molecule has 6 nitrogen and oxygen atoms in total. The van der Waals surface area contributed by atoms with E-state index in [0.29, 0.717) is 12.1 Å². The number of carbonyl (C=O) groups excluding carboxylic acids is 1. The Labute approximate surface area is 136 Å². The predicted octanol–water partition coefficient (Wildman–Crippen LogP) is 2.77. The van der Waals surface area contributed by atoms with Crippen LogP contribution in [0.15, 0.2) is 30.3 Å². The topological polar surface area (TPSA) is 79.2 Å². The number of para-hydroxylation sites is 2. The number of hydrogen-bond donors (Lipinski definition) is 3. The van der Waals surface area contributed by atoms with Gasteiger partial charge in [-0.3, -0.25) is 0 Å². The number of anilines is 1. The number of carbonyl (C=O) groups is 1. The van der Waals surface area contributed by atoms with E-state index in [0.717, 1.165) is 23.5 Å². The van der Waals surface area contributed by atoms with E-state index in [1.165, 1.54) is 0 Å². The lowest BCUT2D eigenvalue weighted by Crippen LogP contribution is -2.38. The molecule has 2 aromatic rings. The van der Waals surface area contributed by atoms with Gasteiger partial charge in [-0.05, 0) is 44.9 Å². The van der Waals surface area contributed by atoms with Crippen molar-refractivity contribution < 1.29 is 9.90 Å². The number of aromatic nitrogens is 2. The number of urea groups is 1. The molecule has 0 fully saturated rings. The van der Waals surface area contributed by atoms with Crippen LogP contribution in [0, 0.1) is 13.8 Å². The highest BCUT2D eigenvalue weighted by molar-refractivity contribution is 5.91. The van der Waals surface area contributed by atoms with Crippen LogP contribution in [0.5, 0.6) is 0 Å². The Balaban J connectivity index is 2.18. The van der Waals surface area contributed by atoms with E-state index in [4.69, 9.17) is 5.11 Å². The van der Waals surface area contributed by atoms with E-state index in [9.17, 15) is 4.79 Å². The zero-order valence-electron chi connectivity index (χ0n) is 13.8. The van der Waals surface area contributed by atoms with Crippen molar-refractivity contribution in [3.05, 3.63) is 41.7 Å². The van der Waals surface area contributed by atoms with E-state index in [1.807, 2.05) is 55.8 Å². The predicted molar refractivity (Wildman–Crippen MR) is 91.0 cm³/mol. The van der Waals surface area contributed by atoms with Crippen molar-refractivity contribution in [3.8, 4) is 5.69 Å². The smallest absolute Gasteiger partial charge is 0.319 e. The van der Waals surface area contributed by atoms with Crippen molar-refractivity contribution in [1.82, 2.24) is 15.1 Å². The quantitative estimate of drug-likeness (QED) is 0.766. The van der Waals surface area contributed by atoms with Gasteiger partial charge < -0.3 is 15.7 Å². The number of aryl methyl sites for hydroxylation is 2. The molecule has 23 heavy (non-hydrogen) atoms. The van der Waals surface area contributed by atoms with Gasteiger partial charge in [0.2, 0.25) is 0 Å². The standard InChI is InChI=1S/C17H24N4O2/c1-4-14(9-10-22)18-17(23)19-15-7-5-6-8-16(15)21-13(3)11-12(2)20-21/h5-8,11,14,22H,4,9-10H2,1-3H3,(H2,18,19,23). The second-order valence-electron chi connectivity index (χ2n) is 5.57. The van der Waals surface area contributed by atoms with Crippen molar-refractivity contribution in [3.63, 3.8) is 0 Å². The van der Waals surface area contributed by atoms with Gasteiger partial charge in [-0.1, -0.05) is 19.1 Å². The largest absolute Gasteiger partial charge is 0.396 e. The van der Waals surface area contributed by atoms with E-state index >= 15 is 0 Å². The molecule has 1 aromatic carbocycles. The van der Waals surface area contributed by atoms with Crippen molar-refractivity contribution in [1.29, 1.82) is 0 Å². The molecular weight excluding hydrogens is 292 g/mol. The summed E-state index contributed by atoms with van der Waals surface area (Å²) in [5.74, 6) is 0. The molecule has 1 aromatic heterocycles. The fourth-order valence-corrected chi connectivity index (χ4v) is 2.51. The Morgan fingerprint density at radius 3 is 2.70 bits per heavy atom. The lowest BCUT2D eigenvalue weighted by molar-refractivity contribution is 0.237. The highest BCUT2D eigenvalue weighted by Gasteiger charge is 2.13. The molecule has 2 amide bonds. The third-order valence-corrected chi connectivity index (χ3v) is 3.70. The Kier molecular flexibility index (Phi) is 5.76. The van der Waals surface area contributed by atoms with Crippen LogP contribution in [-0.2, 0) is 0 Å². The molecular formula is C17H24N4O2. The maximum atomic E-state index is 12.2. The summed E-state index contributed by atoms with van der Waals surface area (Å²) in [4.78, 5) is 12.2. The second-order valence-corrected chi connectivity index (χ2v) is 5.57. The lowest BCUT2D eigenvalue weighted by atomic mass is 10.1. The van der Waals surface area contributed by atoms with Crippen LogP contribution in [0.4, 0.5) is 10.5 Å². The van der Waals surface area contributed by atoms with Gasteiger partial charge in [0.25, 0.3) is 0 Å². The number of nitrogens with one attached hydrogen (secondary N) is 2. The number of nitrogens with zero attached hydrogens (tertiary/aromatic N) is 2. The van der Waals surface area contributed by atoms with Gasteiger partial charge in [0, 0.05) is 18.3 Å². The molecule has 0 aliphatic rings. The number of hydrogen-bond acceptors (Lipinski definition) is 3. The highest BCUT2D eigenvalue weighted by Crippen LogP contribution is 2.21. The maximum Gasteiger partial charge on any atom is 0.319 e. The summed E-state index contributed by atoms with van der Waals surface area (Å²) in [5, 5.41) is 19.2. The monoisotopic (exact) mass is 316 g/mol. The number of aliphatic hydroxyl groups excluding tert-OH is 1. The average molecular weight is 316 g/mol. The summed E-state index contributed by atoms with van der Waals surface area (Å²) in [6.45, 7) is 5.95. The van der Waals surface area contributed by atoms with Gasteiger partial charge in [-0.25, -0.2) is 9.48 Å². The Hall–Kier alpha value is -2.34. The minimum atomic E-state index is -0.278. The maximum absolute atomic E-state index is 12.2. The van der Waals surface area contributed by atoms with Crippen molar-refractivity contribution in [2.45, 2.75) is 39.7 Å². The number of rotatable bonds is 6. The minimum absolute atomic E-state index is 0.0409. The first-order chi connectivity index (χ1) is 11.0. The second kappa shape index (κ2) is 7.78. The SMILES string of the molecule is CCC(CCO)NC(=O)Nc1ccccc1-n1nc(C)cc1C. The zero-order chi connectivity index (χ0) is 16.8. The van der Waals surface area contributed by atoms with Gasteiger partial charge in [-0.15, -0.1) is 0 Å². The van der Waals surface area contributed by atoms with E-state index < -0.39 is 0 Å². The molecule has 1 atom stereocenters. The highest BCUT2D eigenvalue weighted by atomic mass is 16.3. The fraction of sp³-hybridized carbons (Fsp3) is 0.412. The van der Waals surface area contributed by atoms with Crippen LogP contribution in [-0.4, -0.2) is 33.6 Å². The van der Waals surface area contributed by atoms with Gasteiger partial charge in [0.05, 0.1) is 17.1 Å². The molecule has 0 saturated heterocycles. The number of benzene rings is 1. The number of aliphatic hydroxyl groups is 1. The third kappa shape index (κ3) is 4.32. The summed E-state index contributed by atoms with van der Waals surface area (Å²) in [7, 11) is 0. The van der Waals surface area contributed by atoms with E-state index in [-0.39, 0.29) is 18.7 Å². The van der Waals surface area contributed by atoms with Crippen molar-refractivity contribution in [2.75, 3.05) is 11.9 Å². The summed E-state index contributed by atoms with van der Waals surface area (Å²) >= 11 is 0. The van der Waals surface area contributed by atoms with Gasteiger partial charge in [-0.2, -0.15) is 5.10 Å². The summed E-state index contributed by atoms with van der Waals surface area (Å²) in [6, 6.07) is 9.22. The molecule has 0 radical (unpaired) electrons. The molecule has 1 heterocycles. The van der Waals surface area contributed by atoms with E-state index in [1.54, 1.807) is 0 Å². The fourth-order valence-electron chi connectivity index (χ4n) is 2.51. The molecule has 1 unspecified atom stereocenters. The molecule has 0 bridgehead atoms. The minimum Gasteiger partial charge on any atom is -0.396 e. The molecule has 0 spiro atoms. The van der Waals surface area contributed by atoms with Crippen molar-refractivity contribution in [2.24, 2.45) is 0 Å². The van der Waals surface area contributed by atoms with Crippen molar-refractivity contribution >= 4 is 11.7 Å². The molecule has 3 N–H and O–H groups in total. The molecule has 0 aliphatic carbocycles. The van der Waals surface area contributed by atoms with Gasteiger partial charge in [0.15, 0.2) is 0 Å². The molecule has 0 saturated carbocycles. The first-order valence-corrected chi connectivity index (χ1v) is 7.86. The summed E-state index contributed by atoms with van der Waals surface area (Å²) in [6.07, 6.45) is 1.32. The Bertz CT molecular complexity index is 666. The molecule has 0 aliphatic heterocycles. The lowest BCUT2D eigenvalue weighted by Gasteiger charge is -2.18. The first kappa shape index (κ1) is 17.0. The Morgan fingerprint density at radius 1 is 1.35 bits per heavy atom. The van der Waals surface area contributed by atoms with Crippen LogP contribution < -0.4 is 10.6 Å². The van der Waals surface area contributed by atoms with Crippen LogP contribution in [0.25, 0.3) is 5.69 Å². The Morgan fingerprint density at radius 2 is 2.09 bits per heavy atom. The van der Waals surface area contributed by atoms with Crippen LogP contribution >= 0.6 is 0 Å². The molecule has 124 valence electrons. The summed E-state index contributed by atoms with van der Waals surface area (Å²) < 4.78 is 1.82. The zero-order valence-corrected chi connectivity index (χ0v) is 13.8. The van der Waals surface area contributed by atoms with Crippen LogP contribution in [0.3, 0.4) is 0 Å². The van der Waals surface area contributed by atoms with Gasteiger partial charge >= 0.3 is 6.03 Å². The normalized spacial score (nSPS) is 12.0. The molecule has 2 rings (SSSR count).